The van der Waals surface area contributed by atoms with E-state index in [0.29, 0.717) is 11.4 Å². The van der Waals surface area contributed by atoms with E-state index in [-0.39, 0.29) is 5.41 Å². The van der Waals surface area contributed by atoms with Crippen LogP contribution in [-0.4, -0.2) is 15.0 Å². The number of rotatable bonds is 7. The number of sulfonamides is 1. The van der Waals surface area contributed by atoms with Gasteiger partial charge in [-0.25, -0.2) is 13.1 Å². The summed E-state index contributed by atoms with van der Waals surface area (Å²) in [7, 11) is -3.42. The van der Waals surface area contributed by atoms with Crippen LogP contribution in [0.3, 0.4) is 0 Å². The van der Waals surface area contributed by atoms with Crippen molar-refractivity contribution < 1.29 is 8.42 Å². The van der Waals surface area contributed by atoms with Crippen molar-refractivity contribution in [3.63, 3.8) is 0 Å². The van der Waals surface area contributed by atoms with E-state index in [2.05, 4.69) is 37.6 Å². The van der Waals surface area contributed by atoms with Gasteiger partial charge in [-0.1, -0.05) is 63.2 Å². The lowest BCUT2D eigenvalue weighted by Gasteiger charge is -2.19. The first-order valence-corrected chi connectivity index (χ1v) is 9.91. The van der Waals surface area contributed by atoms with Gasteiger partial charge < -0.3 is 0 Å². The summed E-state index contributed by atoms with van der Waals surface area (Å²) in [5.74, 6) is 0. The molecule has 0 bridgehead atoms. The molecule has 2 aromatic rings. The molecule has 0 radical (unpaired) electrons. The molecule has 0 heterocycles. The molecule has 0 atom stereocenters. The number of hydrogen-bond acceptors (Lipinski definition) is 2. The molecule has 0 fully saturated rings. The third-order valence-electron chi connectivity index (χ3n) is 4.06. The summed E-state index contributed by atoms with van der Waals surface area (Å²) in [6.07, 6.45) is 2.77. The average molecular weight is 346 g/mol. The molecular formula is C20H27NO2S. The van der Waals surface area contributed by atoms with Gasteiger partial charge in [0.2, 0.25) is 10.0 Å². The largest absolute Gasteiger partial charge is 0.240 e. The van der Waals surface area contributed by atoms with Gasteiger partial charge in [0, 0.05) is 6.54 Å². The molecule has 0 aliphatic carbocycles. The minimum atomic E-state index is -3.42. The number of hydrogen-bond donors (Lipinski definition) is 1. The maximum atomic E-state index is 12.3. The van der Waals surface area contributed by atoms with Crippen LogP contribution in [0.1, 0.15) is 44.7 Å². The predicted molar refractivity (Wildman–Crippen MR) is 99.7 cm³/mol. The van der Waals surface area contributed by atoms with E-state index in [1.807, 2.05) is 30.3 Å². The number of aryl methyl sites for hydroxylation is 1. The third-order valence-corrected chi connectivity index (χ3v) is 5.53. The van der Waals surface area contributed by atoms with E-state index in [0.717, 1.165) is 24.8 Å². The second kappa shape index (κ2) is 7.95. The van der Waals surface area contributed by atoms with Crippen LogP contribution in [0.2, 0.25) is 0 Å². The summed E-state index contributed by atoms with van der Waals surface area (Å²) in [6.45, 7) is 6.81. The fourth-order valence-corrected chi connectivity index (χ4v) is 3.60. The maximum absolute atomic E-state index is 12.3. The second-order valence-electron chi connectivity index (χ2n) is 7.11. The Morgan fingerprint density at radius 1 is 0.875 bits per heavy atom. The first kappa shape index (κ1) is 18.7. The molecule has 130 valence electrons. The topological polar surface area (TPSA) is 46.2 Å². The smallest absolute Gasteiger partial charge is 0.211 e. The van der Waals surface area contributed by atoms with Crippen LogP contribution in [0.15, 0.2) is 59.5 Å². The normalized spacial score (nSPS) is 12.3. The Hall–Kier alpha value is -1.65. The SMILES string of the molecule is CC(C)(C)c1ccc(S(=O)(=O)NCCCCc2ccccc2)cc1. The first-order valence-electron chi connectivity index (χ1n) is 8.43. The molecule has 0 aliphatic rings. The van der Waals surface area contributed by atoms with Gasteiger partial charge in [-0.3, -0.25) is 0 Å². The standard InChI is InChI=1S/C20H27NO2S/c1-20(2,3)18-12-14-19(15-13-18)24(22,23)21-16-8-7-11-17-9-5-4-6-10-17/h4-6,9-10,12-15,21H,7-8,11,16H2,1-3H3. The van der Waals surface area contributed by atoms with Crippen LogP contribution < -0.4 is 4.72 Å². The quantitative estimate of drug-likeness (QED) is 0.761. The maximum Gasteiger partial charge on any atom is 0.240 e. The summed E-state index contributed by atoms with van der Waals surface area (Å²) in [5, 5.41) is 0. The van der Waals surface area contributed by atoms with Crippen LogP contribution in [-0.2, 0) is 21.9 Å². The summed E-state index contributed by atoms with van der Waals surface area (Å²) in [5.41, 5.74) is 2.44. The van der Waals surface area contributed by atoms with Crippen molar-refractivity contribution in [2.24, 2.45) is 0 Å². The summed E-state index contributed by atoms with van der Waals surface area (Å²) >= 11 is 0. The Labute approximate surface area is 146 Å². The van der Waals surface area contributed by atoms with Gasteiger partial charge >= 0.3 is 0 Å². The Morgan fingerprint density at radius 2 is 1.50 bits per heavy atom. The highest BCUT2D eigenvalue weighted by molar-refractivity contribution is 7.89. The Kier molecular flexibility index (Phi) is 6.19. The van der Waals surface area contributed by atoms with Gasteiger partial charge in [-0.15, -0.1) is 0 Å². The Balaban J connectivity index is 1.83. The Morgan fingerprint density at radius 3 is 2.08 bits per heavy atom. The average Bonchev–Trinajstić information content (AvgIpc) is 2.55. The fourth-order valence-electron chi connectivity index (χ4n) is 2.52. The highest BCUT2D eigenvalue weighted by Crippen LogP contribution is 2.23. The Bertz CT molecular complexity index is 729. The molecule has 0 unspecified atom stereocenters. The molecule has 4 heteroatoms. The van der Waals surface area contributed by atoms with Gasteiger partial charge in [0.1, 0.15) is 0 Å². The molecule has 0 saturated carbocycles. The molecule has 3 nitrogen and oxygen atoms in total. The van der Waals surface area contributed by atoms with Crippen molar-refractivity contribution in [1.82, 2.24) is 4.72 Å². The molecule has 2 rings (SSSR count). The van der Waals surface area contributed by atoms with Crippen LogP contribution in [0.5, 0.6) is 0 Å². The van der Waals surface area contributed by atoms with Crippen LogP contribution in [0.25, 0.3) is 0 Å². The number of nitrogens with one attached hydrogen (secondary N) is 1. The lowest BCUT2D eigenvalue weighted by Crippen LogP contribution is -2.25. The molecular weight excluding hydrogens is 318 g/mol. The van der Waals surface area contributed by atoms with Crippen molar-refractivity contribution in [3.05, 3.63) is 65.7 Å². The minimum absolute atomic E-state index is 0.0210. The lowest BCUT2D eigenvalue weighted by atomic mass is 9.87. The van der Waals surface area contributed by atoms with Gasteiger partial charge in [0.25, 0.3) is 0 Å². The molecule has 0 aromatic heterocycles. The van der Waals surface area contributed by atoms with Crippen LogP contribution in [0.4, 0.5) is 0 Å². The molecule has 0 saturated heterocycles. The van der Waals surface area contributed by atoms with Crippen molar-refractivity contribution in [3.8, 4) is 0 Å². The van der Waals surface area contributed by atoms with E-state index >= 15 is 0 Å². The fraction of sp³-hybridized carbons (Fsp3) is 0.400. The van der Waals surface area contributed by atoms with Crippen molar-refractivity contribution in [2.45, 2.75) is 50.3 Å². The molecule has 1 N–H and O–H groups in total. The lowest BCUT2D eigenvalue weighted by molar-refractivity contribution is 0.574. The van der Waals surface area contributed by atoms with Crippen LogP contribution >= 0.6 is 0 Å². The monoisotopic (exact) mass is 345 g/mol. The first-order chi connectivity index (χ1) is 11.3. The zero-order valence-electron chi connectivity index (χ0n) is 14.7. The van der Waals surface area contributed by atoms with Gasteiger partial charge in [0.15, 0.2) is 0 Å². The zero-order valence-corrected chi connectivity index (χ0v) is 15.6. The van der Waals surface area contributed by atoms with E-state index in [1.54, 1.807) is 12.1 Å². The van der Waals surface area contributed by atoms with Gasteiger partial charge in [-0.05, 0) is 47.9 Å². The minimum Gasteiger partial charge on any atom is -0.211 e. The third kappa shape index (κ3) is 5.46. The number of benzene rings is 2. The molecule has 24 heavy (non-hydrogen) atoms. The molecule has 0 amide bonds. The van der Waals surface area contributed by atoms with Crippen molar-refractivity contribution in [1.29, 1.82) is 0 Å². The zero-order chi connectivity index (χ0) is 17.6. The second-order valence-corrected chi connectivity index (χ2v) is 8.88. The van der Waals surface area contributed by atoms with Crippen LogP contribution in [0, 0.1) is 0 Å². The van der Waals surface area contributed by atoms with E-state index < -0.39 is 10.0 Å². The highest BCUT2D eigenvalue weighted by Gasteiger charge is 2.17. The van der Waals surface area contributed by atoms with E-state index in [1.165, 1.54) is 5.56 Å². The summed E-state index contributed by atoms with van der Waals surface area (Å²) in [4.78, 5) is 0.332. The highest BCUT2D eigenvalue weighted by atomic mass is 32.2. The van der Waals surface area contributed by atoms with Gasteiger partial charge in [0.05, 0.1) is 4.90 Å². The van der Waals surface area contributed by atoms with E-state index in [4.69, 9.17) is 0 Å². The molecule has 0 aliphatic heterocycles. The van der Waals surface area contributed by atoms with E-state index in [9.17, 15) is 8.42 Å². The van der Waals surface area contributed by atoms with Crippen molar-refractivity contribution >= 4 is 10.0 Å². The van der Waals surface area contributed by atoms with Crippen molar-refractivity contribution in [2.75, 3.05) is 6.54 Å². The molecule has 2 aromatic carbocycles. The number of unbranched alkanes of at least 4 members (excludes halogenated alkanes) is 1. The predicted octanol–water partition coefficient (Wildman–Crippen LogP) is 4.29. The van der Waals surface area contributed by atoms with Gasteiger partial charge in [-0.2, -0.15) is 0 Å². The summed E-state index contributed by atoms with van der Waals surface area (Å²) < 4.78 is 27.3. The summed E-state index contributed by atoms with van der Waals surface area (Å²) in [6, 6.07) is 17.4. The molecule has 0 spiro atoms.